The number of hydrogen-bond donors (Lipinski definition) is 0. The van der Waals surface area contributed by atoms with Gasteiger partial charge in [-0.15, -0.1) is 0 Å². The van der Waals surface area contributed by atoms with Crippen molar-refractivity contribution < 1.29 is 18.3 Å². The number of benzene rings is 1. The molecule has 0 aromatic heterocycles. The summed E-state index contributed by atoms with van der Waals surface area (Å²) < 4.78 is 33.4. The van der Waals surface area contributed by atoms with E-state index in [4.69, 9.17) is 14.7 Å². The molecule has 92 valence electrons. The number of rotatable bonds is 7. The smallest absolute Gasteiger partial charge is 0.261 e. The molecule has 0 aliphatic carbocycles. The van der Waals surface area contributed by atoms with Crippen LogP contribution in [0.2, 0.25) is 0 Å². The fraction of sp³-hybridized carbons (Fsp3) is 0.417. The third-order valence-electron chi connectivity index (χ3n) is 1.93. The second-order valence-corrected chi connectivity index (χ2v) is 3.30. The van der Waals surface area contributed by atoms with Crippen molar-refractivity contribution in [2.75, 3.05) is 19.8 Å². The Kier molecular flexibility index (Phi) is 5.97. The first kappa shape index (κ1) is 13.4. The highest BCUT2D eigenvalue weighted by molar-refractivity contribution is 5.34. The summed E-state index contributed by atoms with van der Waals surface area (Å²) in [5.74, 6) is 0.651. The van der Waals surface area contributed by atoms with E-state index < -0.39 is 13.0 Å². The van der Waals surface area contributed by atoms with Gasteiger partial charge in [0.15, 0.2) is 0 Å². The molecule has 0 amide bonds. The van der Waals surface area contributed by atoms with Gasteiger partial charge in [-0.25, -0.2) is 8.78 Å². The van der Waals surface area contributed by atoms with E-state index in [1.165, 1.54) is 0 Å². The molecule has 0 radical (unpaired) electrons. The summed E-state index contributed by atoms with van der Waals surface area (Å²) in [6.45, 7) is 0.118. The van der Waals surface area contributed by atoms with Gasteiger partial charge in [0.2, 0.25) is 0 Å². The first-order valence-electron chi connectivity index (χ1n) is 5.21. The second kappa shape index (κ2) is 7.58. The molecular weight excluding hydrogens is 228 g/mol. The average molecular weight is 241 g/mol. The van der Waals surface area contributed by atoms with Crippen molar-refractivity contribution in [3.63, 3.8) is 0 Å². The summed E-state index contributed by atoms with van der Waals surface area (Å²) in [4.78, 5) is 0. The fourth-order valence-corrected chi connectivity index (χ4v) is 1.15. The lowest BCUT2D eigenvalue weighted by molar-refractivity contribution is 0.0139. The van der Waals surface area contributed by atoms with Crippen LogP contribution in [0.15, 0.2) is 24.3 Å². The first-order chi connectivity index (χ1) is 8.22. The molecule has 17 heavy (non-hydrogen) atoms. The topological polar surface area (TPSA) is 42.2 Å². The van der Waals surface area contributed by atoms with Crippen molar-refractivity contribution in [1.29, 1.82) is 5.26 Å². The first-order valence-corrected chi connectivity index (χ1v) is 5.21. The Morgan fingerprint density at radius 1 is 1.18 bits per heavy atom. The molecule has 0 spiro atoms. The van der Waals surface area contributed by atoms with E-state index in [0.29, 0.717) is 24.3 Å². The van der Waals surface area contributed by atoms with Gasteiger partial charge in [0.25, 0.3) is 6.43 Å². The van der Waals surface area contributed by atoms with Crippen LogP contribution in [-0.4, -0.2) is 26.2 Å². The van der Waals surface area contributed by atoms with Gasteiger partial charge in [-0.3, -0.25) is 0 Å². The van der Waals surface area contributed by atoms with Gasteiger partial charge in [-0.1, -0.05) is 0 Å². The van der Waals surface area contributed by atoms with Gasteiger partial charge in [0.05, 0.1) is 24.8 Å². The minimum absolute atomic E-state index is 0.251. The lowest BCUT2D eigenvalue weighted by atomic mass is 10.2. The Hall–Kier alpha value is -1.67. The summed E-state index contributed by atoms with van der Waals surface area (Å²) in [6.07, 6.45) is -1.87. The lowest BCUT2D eigenvalue weighted by Gasteiger charge is -2.06. The molecule has 0 saturated heterocycles. The Labute approximate surface area is 98.6 Å². The molecule has 0 saturated carbocycles. The zero-order valence-corrected chi connectivity index (χ0v) is 9.23. The van der Waals surface area contributed by atoms with Crippen LogP contribution in [0.3, 0.4) is 0 Å². The maximum atomic E-state index is 11.7. The molecule has 0 atom stereocenters. The van der Waals surface area contributed by atoms with E-state index in [1.54, 1.807) is 24.3 Å². The van der Waals surface area contributed by atoms with E-state index in [0.717, 1.165) is 0 Å². The Morgan fingerprint density at radius 3 is 2.47 bits per heavy atom. The molecule has 1 aromatic rings. The predicted octanol–water partition coefficient (Wildman–Crippen LogP) is 2.61. The number of ether oxygens (including phenoxy) is 2. The van der Waals surface area contributed by atoms with Gasteiger partial charge in [0, 0.05) is 6.42 Å². The van der Waals surface area contributed by atoms with Crippen molar-refractivity contribution in [2.45, 2.75) is 12.8 Å². The number of nitrogens with zero attached hydrogens (tertiary/aromatic N) is 1. The Bertz CT molecular complexity index is 360. The van der Waals surface area contributed by atoms with Crippen LogP contribution in [0.5, 0.6) is 5.75 Å². The minimum atomic E-state index is -2.42. The molecule has 0 heterocycles. The van der Waals surface area contributed by atoms with Crippen molar-refractivity contribution in [3.8, 4) is 11.8 Å². The zero-order valence-electron chi connectivity index (χ0n) is 9.23. The predicted molar refractivity (Wildman–Crippen MR) is 58.1 cm³/mol. The lowest BCUT2D eigenvalue weighted by Crippen LogP contribution is -2.08. The number of alkyl halides is 2. The highest BCUT2D eigenvalue weighted by Gasteiger charge is 2.01. The van der Waals surface area contributed by atoms with Gasteiger partial charge < -0.3 is 9.47 Å². The molecule has 1 aromatic carbocycles. The van der Waals surface area contributed by atoms with Crippen LogP contribution >= 0.6 is 0 Å². The van der Waals surface area contributed by atoms with Crippen LogP contribution in [0, 0.1) is 11.3 Å². The maximum absolute atomic E-state index is 11.7. The summed E-state index contributed by atoms with van der Waals surface area (Å²) in [6, 6.07) is 8.70. The average Bonchev–Trinajstić information content (AvgIpc) is 2.34. The molecule has 0 aliphatic heterocycles. The monoisotopic (exact) mass is 241 g/mol. The zero-order chi connectivity index (χ0) is 12.5. The van der Waals surface area contributed by atoms with E-state index >= 15 is 0 Å². The summed E-state index contributed by atoms with van der Waals surface area (Å²) in [5.41, 5.74) is 0.567. The molecule has 0 bridgehead atoms. The van der Waals surface area contributed by atoms with Crippen molar-refractivity contribution >= 4 is 0 Å². The Balaban J connectivity index is 2.12. The van der Waals surface area contributed by atoms with Crippen molar-refractivity contribution in [3.05, 3.63) is 29.8 Å². The number of hydrogen-bond acceptors (Lipinski definition) is 3. The quantitative estimate of drug-likeness (QED) is 0.689. The normalized spacial score (nSPS) is 10.2. The van der Waals surface area contributed by atoms with Crippen LogP contribution in [0.4, 0.5) is 8.78 Å². The van der Waals surface area contributed by atoms with E-state index in [1.807, 2.05) is 6.07 Å². The van der Waals surface area contributed by atoms with Crippen molar-refractivity contribution in [2.24, 2.45) is 0 Å². The maximum Gasteiger partial charge on any atom is 0.261 e. The third-order valence-corrected chi connectivity index (χ3v) is 1.93. The van der Waals surface area contributed by atoms with E-state index in [9.17, 15) is 8.78 Å². The molecule has 3 nitrogen and oxygen atoms in total. The van der Waals surface area contributed by atoms with Crippen molar-refractivity contribution in [1.82, 2.24) is 0 Å². The highest BCUT2D eigenvalue weighted by Crippen LogP contribution is 2.11. The van der Waals surface area contributed by atoms with Crippen LogP contribution < -0.4 is 4.74 Å². The molecule has 1 rings (SSSR count). The van der Waals surface area contributed by atoms with Gasteiger partial charge in [-0.05, 0) is 24.3 Å². The number of halogens is 2. The summed E-state index contributed by atoms with van der Waals surface area (Å²) >= 11 is 0. The minimum Gasteiger partial charge on any atom is -0.494 e. The second-order valence-electron chi connectivity index (χ2n) is 3.30. The molecular formula is C12H13F2NO2. The van der Waals surface area contributed by atoms with Crippen LogP contribution in [0.25, 0.3) is 0 Å². The largest absolute Gasteiger partial charge is 0.494 e. The van der Waals surface area contributed by atoms with Crippen LogP contribution in [-0.2, 0) is 4.74 Å². The fourth-order valence-electron chi connectivity index (χ4n) is 1.15. The summed E-state index contributed by atoms with van der Waals surface area (Å²) in [7, 11) is 0. The van der Waals surface area contributed by atoms with Gasteiger partial charge >= 0.3 is 0 Å². The van der Waals surface area contributed by atoms with Gasteiger partial charge in [0.1, 0.15) is 12.4 Å². The third kappa shape index (κ3) is 5.83. The van der Waals surface area contributed by atoms with E-state index in [2.05, 4.69) is 0 Å². The SMILES string of the molecule is N#Cc1ccc(OCCCOCC(F)F)cc1. The Morgan fingerprint density at radius 2 is 1.88 bits per heavy atom. The standard InChI is InChI=1S/C12H13F2NO2/c13-12(14)9-16-6-1-7-17-11-4-2-10(8-15)3-5-11/h2-5,12H,1,6-7,9H2. The van der Waals surface area contributed by atoms with Gasteiger partial charge in [-0.2, -0.15) is 5.26 Å². The van der Waals surface area contributed by atoms with E-state index in [-0.39, 0.29) is 6.61 Å². The molecule has 0 N–H and O–H groups in total. The summed E-state index contributed by atoms with van der Waals surface area (Å²) in [5, 5.41) is 8.58. The number of nitriles is 1. The molecule has 0 aliphatic rings. The molecule has 0 unspecified atom stereocenters. The highest BCUT2D eigenvalue weighted by atomic mass is 19.3. The molecule has 0 fully saturated rings. The molecule has 5 heteroatoms. The van der Waals surface area contributed by atoms with Crippen LogP contribution in [0.1, 0.15) is 12.0 Å².